The summed E-state index contributed by atoms with van der Waals surface area (Å²) in [6.07, 6.45) is 20.1. The van der Waals surface area contributed by atoms with Crippen LogP contribution in [0.1, 0.15) is 50.5 Å². The minimum atomic E-state index is 0.375. The molecule has 1 N–H and O–H groups in total. The molecule has 0 aromatic heterocycles. The SMILES string of the molecule is C=CC/C=C\C/C=C\CCCCCCc1cccc(O)c1. The summed E-state index contributed by atoms with van der Waals surface area (Å²) in [5.41, 5.74) is 1.24. The molecule has 21 heavy (non-hydrogen) atoms. The van der Waals surface area contributed by atoms with Gasteiger partial charge in [-0.1, -0.05) is 55.4 Å². The van der Waals surface area contributed by atoms with Gasteiger partial charge in [-0.2, -0.15) is 0 Å². The number of unbranched alkanes of at least 4 members (excludes halogenated alkanes) is 4. The lowest BCUT2D eigenvalue weighted by Gasteiger charge is -2.02. The molecule has 1 rings (SSSR count). The molecule has 0 bridgehead atoms. The highest BCUT2D eigenvalue weighted by molar-refractivity contribution is 5.27. The van der Waals surface area contributed by atoms with E-state index in [4.69, 9.17) is 0 Å². The molecule has 0 fully saturated rings. The second-order valence-corrected chi connectivity index (χ2v) is 5.33. The summed E-state index contributed by atoms with van der Waals surface area (Å²) in [6.45, 7) is 3.69. The van der Waals surface area contributed by atoms with Gasteiger partial charge in [-0.05, 0) is 56.2 Å². The molecule has 0 atom stereocenters. The van der Waals surface area contributed by atoms with Gasteiger partial charge in [0, 0.05) is 0 Å². The van der Waals surface area contributed by atoms with Gasteiger partial charge in [0.05, 0.1) is 0 Å². The molecule has 1 aromatic rings. The van der Waals surface area contributed by atoms with Crippen LogP contribution in [0.25, 0.3) is 0 Å². The van der Waals surface area contributed by atoms with Crippen LogP contribution in [0.2, 0.25) is 0 Å². The van der Waals surface area contributed by atoms with E-state index in [0.29, 0.717) is 5.75 Å². The Hall–Kier alpha value is -1.76. The summed E-state index contributed by atoms with van der Waals surface area (Å²) in [6, 6.07) is 7.59. The first-order valence-electron chi connectivity index (χ1n) is 8.01. The maximum Gasteiger partial charge on any atom is 0.115 e. The number of phenols is 1. The maximum absolute atomic E-state index is 9.39. The molecule has 1 nitrogen and oxygen atoms in total. The summed E-state index contributed by atoms with van der Waals surface area (Å²) in [5.74, 6) is 0.375. The first-order chi connectivity index (χ1) is 10.3. The molecule has 1 heteroatoms. The van der Waals surface area contributed by atoms with Crippen LogP contribution in [-0.4, -0.2) is 5.11 Å². The number of rotatable bonds is 11. The van der Waals surface area contributed by atoms with E-state index in [-0.39, 0.29) is 0 Å². The van der Waals surface area contributed by atoms with Gasteiger partial charge in [0.1, 0.15) is 5.75 Å². The molecule has 0 saturated carbocycles. The highest BCUT2D eigenvalue weighted by atomic mass is 16.3. The van der Waals surface area contributed by atoms with Gasteiger partial charge >= 0.3 is 0 Å². The fraction of sp³-hybridized carbons (Fsp3) is 0.400. The van der Waals surface area contributed by atoms with Gasteiger partial charge in [0.25, 0.3) is 0 Å². The Morgan fingerprint density at radius 1 is 0.905 bits per heavy atom. The lowest BCUT2D eigenvalue weighted by atomic mass is 10.1. The third-order valence-corrected chi connectivity index (χ3v) is 3.41. The lowest BCUT2D eigenvalue weighted by molar-refractivity contribution is 0.474. The number of aryl methyl sites for hydroxylation is 1. The molecular weight excluding hydrogens is 256 g/mol. The van der Waals surface area contributed by atoms with Gasteiger partial charge in [0.2, 0.25) is 0 Å². The predicted octanol–water partition coefficient (Wildman–Crippen LogP) is 5.96. The van der Waals surface area contributed by atoms with Crippen LogP contribution < -0.4 is 0 Å². The van der Waals surface area contributed by atoms with Crippen molar-refractivity contribution in [3.63, 3.8) is 0 Å². The Bertz CT molecular complexity index is 443. The minimum Gasteiger partial charge on any atom is -0.508 e. The smallest absolute Gasteiger partial charge is 0.115 e. The fourth-order valence-corrected chi connectivity index (χ4v) is 2.24. The molecule has 0 amide bonds. The zero-order valence-electron chi connectivity index (χ0n) is 13.0. The van der Waals surface area contributed by atoms with Crippen molar-refractivity contribution in [1.29, 1.82) is 0 Å². The first kappa shape index (κ1) is 17.3. The van der Waals surface area contributed by atoms with Crippen molar-refractivity contribution in [2.24, 2.45) is 0 Å². The van der Waals surface area contributed by atoms with Crippen molar-refractivity contribution < 1.29 is 5.11 Å². The van der Waals surface area contributed by atoms with E-state index in [1.807, 2.05) is 18.2 Å². The highest BCUT2D eigenvalue weighted by Crippen LogP contribution is 2.14. The van der Waals surface area contributed by atoms with E-state index in [1.165, 1.54) is 37.7 Å². The second kappa shape index (κ2) is 12.0. The molecule has 0 aliphatic carbocycles. The average Bonchev–Trinajstić information content (AvgIpc) is 2.48. The van der Waals surface area contributed by atoms with Crippen molar-refractivity contribution in [2.45, 2.75) is 51.4 Å². The van der Waals surface area contributed by atoms with Crippen molar-refractivity contribution >= 4 is 0 Å². The van der Waals surface area contributed by atoms with Crippen LogP contribution in [0, 0.1) is 0 Å². The average molecular weight is 284 g/mol. The van der Waals surface area contributed by atoms with Gasteiger partial charge in [-0.15, -0.1) is 6.58 Å². The van der Waals surface area contributed by atoms with E-state index in [2.05, 4.69) is 36.9 Å². The highest BCUT2D eigenvalue weighted by Gasteiger charge is 1.95. The summed E-state index contributed by atoms with van der Waals surface area (Å²) >= 11 is 0. The number of aromatic hydroxyl groups is 1. The van der Waals surface area contributed by atoms with Gasteiger partial charge in [-0.3, -0.25) is 0 Å². The first-order valence-corrected chi connectivity index (χ1v) is 8.01. The molecule has 0 heterocycles. The van der Waals surface area contributed by atoms with Gasteiger partial charge in [0.15, 0.2) is 0 Å². The number of allylic oxidation sites excluding steroid dienone is 5. The number of phenolic OH excluding ortho intramolecular Hbond substituents is 1. The Labute approximate surface area is 129 Å². The zero-order chi connectivity index (χ0) is 15.2. The number of hydrogen-bond acceptors (Lipinski definition) is 1. The number of benzene rings is 1. The molecular formula is C20H28O. The van der Waals surface area contributed by atoms with E-state index in [9.17, 15) is 5.11 Å². The lowest BCUT2D eigenvalue weighted by Crippen LogP contribution is -1.85. The molecule has 0 spiro atoms. The summed E-state index contributed by atoms with van der Waals surface area (Å²) < 4.78 is 0. The molecule has 0 saturated heterocycles. The molecule has 0 radical (unpaired) electrons. The Morgan fingerprint density at radius 2 is 1.67 bits per heavy atom. The van der Waals surface area contributed by atoms with Crippen LogP contribution >= 0.6 is 0 Å². The summed E-state index contributed by atoms with van der Waals surface area (Å²) in [5, 5.41) is 9.39. The van der Waals surface area contributed by atoms with Crippen LogP contribution in [-0.2, 0) is 6.42 Å². The summed E-state index contributed by atoms with van der Waals surface area (Å²) in [4.78, 5) is 0. The normalized spacial score (nSPS) is 11.4. The predicted molar refractivity (Wildman–Crippen MR) is 92.6 cm³/mol. The number of hydrogen-bond donors (Lipinski definition) is 1. The van der Waals surface area contributed by atoms with E-state index in [1.54, 1.807) is 6.07 Å². The van der Waals surface area contributed by atoms with E-state index >= 15 is 0 Å². The van der Waals surface area contributed by atoms with Gasteiger partial charge in [-0.25, -0.2) is 0 Å². The van der Waals surface area contributed by atoms with Crippen LogP contribution in [0.4, 0.5) is 0 Å². The molecule has 114 valence electrons. The van der Waals surface area contributed by atoms with E-state index in [0.717, 1.165) is 19.3 Å². The Kier molecular flexibility index (Phi) is 9.89. The van der Waals surface area contributed by atoms with Crippen LogP contribution in [0.15, 0.2) is 61.2 Å². The summed E-state index contributed by atoms with van der Waals surface area (Å²) in [7, 11) is 0. The van der Waals surface area contributed by atoms with Gasteiger partial charge < -0.3 is 5.11 Å². The largest absolute Gasteiger partial charge is 0.508 e. The Morgan fingerprint density at radius 3 is 2.48 bits per heavy atom. The maximum atomic E-state index is 9.39. The third kappa shape index (κ3) is 9.73. The van der Waals surface area contributed by atoms with E-state index < -0.39 is 0 Å². The molecule has 1 aromatic carbocycles. The topological polar surface area (TPSA) is 20.2 Å². The minimum absolute atomic E-state index is 0.375. The molecule has 0 aliphatic heterocycles. The van der Waals surface area contributed by atoms with Crippen molar-refractivity contribution in [3.8, 4) is 5.75 Å². The quantitative estimate of drug-likeness (QED) is 0.392. The fourth-order valence-electron chi connectivity index (χ4n) is 2.24. The van der Waals surface area contributed by atoms with Crippen LogP contribution in [0.5, 0.6) is 5.75 Å². The zero-order valence-corrected chi connectivity index (χ0v) is 13.0. The third-order valence-electron chi connectivity index (χ3n) is 3.41. The standard InChI is InChI=1S/C20H28O/c1-2-3-4-5-6-7-8-9-10-11-12-13-15-19-16-14-17-20(21)18-19/h2,4-5,7-8,14,16-18,21H,1,3,6,9-13,15H2/b5-4-,8-7-. The molecule has 0 unspecified atom stereocenters. The van der Waals surface area contributed by atoms with Crippen molar-refractivity contribution in [1.82, 2.24) is 0 Å². The second-order valence-electron chi connectivity index (χ2n) is 5.33. The van der Waals surface area contributed by atoms with Crippen molar-refractivity contribution in [3.05, 3.63) is 66.8 Å². The molecule has 0 aliphatic rings. The Balaban J connectivity index is 1.95. The monoisotopic (exact) mass is 284 g/mol. The van der Waals surface area contributed by atoms with Crippen molar-refractivity contribution in [2.75, 3.05) is 0 Å². The van der Waals surface area contributed by atoms with Crippen LogP contribution in [0.3, 0.4) is 0 Å².